The Balaban J connectivity index is 1.79. The Morgan fingerprint density at radius 1 is 1.19 bits per heavy atom. The largest absolute Gasteiger partial charge is 0.389 e. The van der Waals surface area contributed by atoms with Crippen LogP contribution in [0.5, 0.6) is 0 Å². The number of nitrogens with one attached hydrogen (secondary N) is 1. The Kier molecular flexibility index (Phi) is 5.63. The van der Waals surface area contributed by atoms with E-state index in [1.807, 2.05) is 0 Å². The van der Waals surface area contributed by atoms with Gasteiger partial charge in [-0.15, -0.1) is 0 Å². The van der Waals surface area contributed by atoms with E-state index in [1.54, 1.807) is 4.90 Å². The zero-order valence-electron chi connectivity index (χ0n) is 17.3. The molecular weight excluding hydrogens is 420 g/mol. The molecule has 1 saturated heterocycles. The van der Waals surface area contributed by atoms with Crippen LogP contribution < -0.4 is 17.0 Å². The molecule has 1 aromatic heterocycles. The van der Waals surface area contributed by atoms with Gasteiger partial charge in [0.25, 0.3) is 5.56 Å². The zero-order chi connectivity index (χ0) is 22.7. The third-order valence-corrected chi connectivity index (χ3v) is 6.69. The predicted molar refractivity (Wildman–Crippen MR) is 105 cm³/mol. The average Bonchev–Trinajstić information content (AvgIpc) is 3.43. The Morgan fingerprint density at radius 2 is 1.84 bits per heavy atom. The van der Waals surface area contributed by atoms with E-state index in [1.165, 1.54) is 18.6 Å². The maximum atomic E-state index is 15.6. The molecule has 0 aromatic carbocycles. The van der Waals surface area contributed by atoms with Crippen LogP contribution in [0, 0.1) is 11.8 Å². The highest BCUT2D eigenvalue weighted by Gasteiger charge is 2.48. The van der Waals surface area contributed by atoms with Crippen LogP contribution in [0.3, 0.4) is 0 Å². The molecule has 3 N–H and O–H groups in total. The molecular formula is C20H26F4N4O3. The van der Waals surface area contributed by atoms with E-state index >= 15 is 4.39 Å². The number of hydrogen-bond donors (Lipinski definition) is 2. The molecule has 4 atom stereocenters. The first-order valence-corrected chi connectivity index (χ1v) is 10.4. The molecule has 0 amide bonds. The first-order valence-electron chi connectivity index (χ1n) is 10.4. The second-order valence-electron chi connectivity index (χ2n) is 8.72. The second-order valence-corrected chi connectivity index (χ2v) is 8.72. The third kappa shape index (κ3) is 3.87. The van der Waals surface area contributed by atoms with E-state index in [0.29, 0.717) is 5.69 Å². The number of likely N-dealkylation sites (tertiary alicyclic amines) is 1. The molecule has 4 rings (SSSR count). The van der Waals surface area contributed by atoms with Gasteiger partial charge in [-0.2, -0.15) is 13.2 Å². The van der Waals surface area contributed by atoms with Gasteiger partial charge in [0.2, 0.25) is 0 Å². The average molecular weight is 446 g/mol. The van der Waals surface area contributed by atoms with Gasteiger partial charge < -0.3 is 10.5 Å². The number of nitrogens with zero attached hydrogens (tertiary/aromatic N) is 2. The number of halogens is 4. The van der Waals surface area contributed by atoms with E-state index in [-0.39, 0.29) is 36.8 Å². The van der Waals surface area contributed by atoms with Crippen molar-refractivity contribution in [1.29, 1.82) is 0 Å². The van der Waals surface area contributed by atoms with Crippen molar-refractivity contribution in [2.45, 2.75) is 50.6 Å². The molecule has 7 nitrogen and oxygen atoms in total. The molecule has 2 heterocycles. The predicted octanol–water partition coefficient (Wildman–Crippen LogP) is 2.10. The summed E-state index contributed by atoms with van der Waals surface area (Å²) in [6.45, 7) is 1.68. The summed E-state index contributed by atoms with van der Waals surface area (Å²) in [6, 6.07) is -1.14. The molecule has 1 aromatic rings. The number of aromatic amines is 1. The molecule has 3 aliphatic rings. The summed E-state index contributed by atoms with van der Waals surface area (Å²) in [6.07, 6.45) is -4.85. The summed E-state index contributed by atoms with van der Waals surface area (Å²) >= 11 is 0. The summed E-state index contributed by atoms with van der Waals surface area (Å²) < 4.78 is 61.8. The van der Waals surface area contributed by atoms with Crippen molar-refractivity contribution in [3.8, 4) is 0 Å². The maximum absolute atomic E-state index is 15.6. The number of hydrogen-bond acceptors (Lipinski definition) is 5. The summed E-state index contributed by atoms with van der Waals surface area (Å²) in [5, 5.41) is 0. The summed E-state index contributed by atoms with van der Waals surface area (Å²) in [4.78, 5) is 29.0. The summed E-state index contributed by atoms with van der Waals surface area (Å²) in [5.74, 6) is -1.84. The standard InChI is InChI=1S/C20H26F4N4O3/c1-9-13-15(28(12-3-4-12)19(30)26-18(13)29)17(31-2)16(14(9)21)27-7-10(5-20(22,23)24)11(6-25)8-27/h10-12,16-17H,3-8,25H2,1-2H3,(H,26,29,30). The lowest BCUT2D eigenvalue weighted by atomic mass is 9.88. The Labute approximate surface area is 175 Å². The van der Waals surface area contributed by atoms with Gasteiger partial charge in [0.1, 0.15) is 11.9 Å². The number of methoxy groups -OCH3 is 1. The highest BCUT2D eigenvalue weighted by atomic mass is 19.4. The van der Waals surface area contributed by atoms with Gasteiger partial charge in [0.15, 0.2) is 0 Å². The topological polar surface area (TPSA) is 93.3 Å². The summed E-state index contributed by atoms with van der Waals surface area (Å²) in [5.41, 5.74) is 4.89. The maximum Gasteiger partial charge on any atom is 0.389 e. The van der Waals surface area contributed by atoms with Crippen LogP contribution in [0.1, 0.15) is 49.6 Å². The lowest BCUT2D eigenvalue weighted by Gasteiger charge is -2.38. The molecule has 1 saturated carbocycles. The van der Waals surface area contributed by atoms with Crippen LogP contribution in [-0.4, -0.2) is 53.4 Å². The van der Waals surface area contributed by atoms with E-state index < -0.39 is 53.7 Å². The number of alkyl halides is 3. The molecule has 2 fully saturated rings. The molecule has 4 unspecified atom stereocenters. The van der Waals surface area contributed by atoms with Gasteiger partial charge in [0.05, 0.1) is 17.3 Å². The highest BCUT2D eigenvalue weighted by Crippen LogP contribution is 2.46. The fourth-order valence-electron chi connectivity index (χ4n) is 5.12. The molecule has 0 bridgehead atoms. The molecule has 172 valence electrons. The van der Waals surface area contributed by atoms with Gasteiger partial charge in [-0.3, -0.25) is 19.2 Å². The normalized spacial score (nSPS) is 29.5. The van der Waals surface area contributed by atoms with Crippen molar-refractivity contribution >= 4 is 5.57 Å². The monoisotopic (exact) mass is 446 g/mol. The van der Waals surface area contributed by atoms with Crippen LogP contribution >= 0.6 is 0 Å². The van der Waals surface area contributed by atoms with E-state index in [0.717, 1.165) is 12.8 Å². The number of allylic oxidation sites excluding steroid dienone is 1. The molecule has 0 spiro atoms. The van der Waals surface area contributed by atoms with E-state index in [2.05, 4.69) is 4.98 Å². The van der Waals surface area contributed by atoms with Crippen LogP contribution in [0.15, 0.2) is 15.4 Å². The zero-order valence-corrected chi connectivity index (χ0v) is 17.3. The second kappa shape index (κ2) is 7.86. The highest BCUT2D eigenvalue weighted by molar-refractivity contribution is 5.70. The van der Waals surface area contributed by atoms with Crippen molar-refractivity contribution in [2.75, 3.05) is 26.7 Å². The Bertz CT molecular complexity index is 1010. The Morgan fingerprint density at radius 3 is 2.39 bits per heavy atom. The minimum Gasteiger partial charge on any atom is -0.373 e. The number of H-pyrrole nitrogens is 1. The van der Waals surface area contributed by atoms with Gasteiger partial charge in [-0.05, 0) is 43.7 Å². The van der Waals surface area contributed by atoms with Crippen LogP contribution in [-0.2, 0) is 4.74 Å². The van der Waals surface area contributed by atoms with Crippen molar-refractivity contribution in [3.63, 3.8) is 0 Å². The van der Waals surface area contributed by atoms with Gasteiger partial charge >= 0.3 is 11.9 Å². The first-order chi connectivity index (χ1) is 14.6. The number of nitrogens with two attached hydrogens (primary N) is 1. The molecule has 11 heteroatoms. The van der Waals surface area contributed by atoms with Crippen LogP contribution in [0.25, 0.3) is 5.57 Å². The third-order valence-electron chi connectivity index (χ3n) is 6.69. The number of aromatic nitrogens is 2. The first kappa shape index (κ1) is 22.2. The smallest absolute Gasteiger partial charge is 0.373 e. The summed E-state index contributed by atoms with van der Waals surface area (Å²) in [7, 11) is 1.35. The number of rotatable bonds is 5. The minimum atomic E-state index is -4.35. The van der Waals surface area contributed by atoms with Crippen molar-refractivity contribution in [3.05, 3.63) is 37.9 Å². The van der Waals surface area contributed by atoms with Crippen molar-refractivity contribution in [2.24, 2.45) is 17.6 Å². The fourth-order valence-corrected chi connectivity index (χ4v) is 5.12. The number of fused-ring (bicyclic) bond motifs is 1. The number of ether oxygens (including phenoxy) is 1. The molecule has 0 radical (unpaired) electrons. The van der Waals surface area contributed by atoms with Crippen LogP contribution in [0.2, 0.25) is 0 Å². The lowest BCUT2D eigenvalue weighted by molar-refractivity contribution is -0.146. The molecule has 1 aliphatic heterocycles. The quantitative estimate of drug-likeness (QED) is 0.676. The van der Waals surface area contributed by atoms with Gasteiger partial charge in [-0.1, -0.05) is 0 Å². The lowest BCUT2D eigenvalue weighted by Crippen LogP contribution is -2.47. The van der Waals surface area contributed by atoms with Gasteiger partial charge in [0, 0.05) is 32.7 Å². The Hall–Kier alpha value is -1.98. The fraction of sp³-hybridized carbons (Fsp3) is 0.700. The van der Waals surface area contributed by atoms with Crippen LogP contribution in [0.4, 0.5) is 17.6 Å². The minimum absolute atomic E-state index is 0.00120. The SMILES string of the molecule is COC1c2c(c(=O)[nH]c(=O)n2C2CC2)C(C)=C(F)C1N1CC(CN)C(CC(F)(F)F)C1. The van der Waals surface area contributed by atoms with Crippen molar-refractivity contribution < 1.29 is 22.3 Å². The van der Waals surface area contributed by atoms with E-state index in [4.69, 9.17) is 10.5 Å². The molecule has 31 heavy (non-hydrogen) atoms. The van der Waals surface area contributed by atoms with Crippen molar-refractivity contribution in [1.82, 2.24) is 14.5 Å². The van der Waals surface area contributed by atoms with E-state index in [9.17, 15) is 22.8 Å². The van der Waals surface area contributed by atoms with Gasteiger partial charge in [-0.25, -0.2) is 9.18 Å². The molecule has 2 aliphatic carbocycles.